The molecule has 2 aromatic rings. The zero-order valence-corrected chi connectivity index (χ0v) is 15.4. The summed E-state index contributed by atoms with van der Waals surface area (Å²) in [4.78, 5) is 23.4. The highest BCUT2D eigenvalue weighted by Gasteiger charge is 2.24. The summed E-state index contributed by atoms with van der Waals surface area (Å²) in [6.45, 7) is 0.791. The molecule has 144 valence electrons. The zero-order valence-electron chi connectivity index (χ0n) is 14.6. The van der Waals surface area contributed by atoms with Crippen molar-refractivity contribution in [1.29, 1.82) is 0 Å². The van der Waals surface area contributed by atoms with Crippen LogP contribution in [-0.2, 0) is 29.1 Å². The van der Waals surface area contributed by atoms with Gasteiger partial charge in [0, 0.05) is 13.1 Å². The maximum Gasteiger partial charge on any atom is 0.281 e. The summed E-state index contributed by atoms with van der Waals surface area (Å²) < 4.78 is 5.31. The standard InChI is InChI=1S/C19H21N3O4.ClH/c23-18(22-25)12-26-16-7-6-14-9-17(20-11-15(14)8-16)19(24)21-10-13-4-2-1-3-5-13;/h1-8,17,20,25H,9-12H2,(H,21,24)(H,22,23);1H/t17-;/m0./s1. The van der Waals surface area contributed by atoms with Gasteiger partial charge in [-0.1, -0.05) is 36.4 Å². The molecule has 0 saturated heterocycles. The minimum absolute atomic E-state index is 0. The van der Waals surface area contributed by atoms with Crippen molar-refractivity contribution in [2.75, 3.05) is 6.61 Å². The predicted octanol–water partition coefficient (Wildman–Crippen LogP) is 1.32. The van der Waals surface area contributed by atoms with Crippen LogP contribution in [0.15, 0.2) is 48.5 Å². The quantitative estimate of drug-likeness (QED) is 0.439. The average Bonchev–Trinajstić information content (AvgIpc) is 2.70. The second kappa shape index (κ2) is 9.91. The van der Waals surface area contributed by atoms with Crippen molar-refractivity contribution < 1.29 is 19.5 Å². The van der Waals surface area contributed by atoms with Crippen molar-refractivity contribution in [3.05, 3.63) is 65.2 Å². The van der Waals surface area contributed by atoms with Crippen LogP contribution in [0.3, 0.4) is 0 Å². The number of hydrogen-bond acceptors (Lipinski definition) is 5. The first kappa shape index (κ1) is 20.7. The first-order chi connectivity index (χ1) is 12.7. The van der Waals surface area contributed by atoms with Gasteiger partial charge in [-0.05, 0) is 35.2 Å². The Balaban J connectivity index is 0.00000261. The number of hydroxylamine groups is 1. The van der Waals surface area contributed by atoms with Crippen LogP contribution in [0.5, 0.6) is 5.75 Å². The van der Waals surface area contributed by atoms with E-state index in [4.69, 9.17) is 9.94 Å². The molecule has 0 fully saturated rings. The molecule has 0 unspecified atom stereocenters. The fourth-order valence-corrected chi connectivity index (χ4v) is 2.86. The summed E-state index contributed by atoms with van der Waals surface area (Å²) >= 11 is 0. The molecule has 0 aliphatic carbocycles. The second-order valence-corrected chi connectivity index (χ2v) is 6.10. The molecule has 1 aliphatic heterocycles. The molecule has 0 spiro atoms. The van der Waals surface area contributed by atoms with E-state index < -0.39 is 5.91 Å². The first-order valence-electron chi connectivity index (χ1n) is 8.38. The summed E-state index contributed by atoms with van der Waals surface area (Å²) in [5, 5.41) is 14.7. The third-order valence-electron chi connectivity index (χ3n) is 4.26. The van der Waals surface area contributed by atoms with Crippen LogP contribution in [-0.4, -0.2) is 29.7 Å². The molecule has 1 heterocycles. The lowest BCUT2D eigenvalue weighted by atomic mass is 9.95. The molecule has 0 radical (unpaired) electrons. The van der Waals surface area contributed by atoms with Crippen molar-refractivity contribution in [3.8, 4) is 5.75 Å². The Morgan fingerprint density at radius 1 is 1.15 bits per heavy atom. The van der Waals surface area contributed by atoms with Crippen molar-refractivity contribution in [2.45, 2.75) is 25.6 Å². The van der Waals surface area contributed by atoms with E-state index in [1.807, 2.05) is 42.5 Å². The second-order valence-electron chi connectivity index (χ2n) is 6.10. The summed E-state index contributed by atoms with van der Waals surface area (Å²) in [5.74, 6) is -0.100. The molecule has 0 saturated carbocycles. The van der Waals surface area contributed by atoms with Gasteiger partial charge >= 0.3 is 0 Å². The fourth-order valence-electron chi connectivity index (χ4n) is 2.86. The molecule has 0 aromatic heterocycles. The Labute approximate surface area is 163 Å². The third kappa shape index (κ3) is 5.68. The van der Waals surface area contributed by atoms with Gasteiger partial charge < -0.3 is 15.4 Å². The number of fused-ring (bicyclic) bond motifs is 1. The van der Waals surface area contributed by atoms with Gasteiger partial charge in [-0.2, -0.15) is 0 Å². The topological polar surface area (TPSA) is 99.7 Å². The first-order valence-corrected chi connectivity index (χ1v) is 8.38. The molecule has 1 aliphatic rings. The predicted molar refractivity (Wildman–Crippen MR) is 102 cm³/mol. The molecule has 4 N–H and O–H groups in total. The summed E-state index contributed by atoms with van der Waals surface area (Å²) in [7, 11) is 0. The number of rotatable bonds is 6. The van der Waals surface area contributed by atoms with Crippen LogP contribution < -0.4 is 20.9 Å². The molecule has 27 heavy (non-hydrogen) atoms. The van der Waals surface area contributed by atoms with Gasteiger partial charge in [0.25, 0.3) is 5.91 Å². The number of amides is 2. The van der Waals surface area contributed by atoms with E-state index in [1.165, 1.54) is 5.48 Å². The lowest BCUT2D eigenvalue weighted by Gasteiger charge is -2.26. The number of carbonyl (C=O) groups is 2. The van der Waals surface area contributed by atoms with E-state index in [0.29, 0.717) is 25.3 Å². The summed E-state index contributed by atoms with van der Waals surface area (Å²) in [5.41, 5.74) is 4.68. The maximum absolute atomic E-state index is 12.4. The smallest absolute Gasteiger partial charge is 0.281 e. The lowest BCUT2D eigenvalue weighted by molar-refractivity contribution is -0.131. The molecule has 1 atom stereocenters. The van der Waals surface area contributed by atoms with E-state index >= 15 is 0 Å². The van der Waals surface area contributed by atoms with Gasteiger partial charge in [0.05, 0.1) is 6.04 Å². The molecule has 0 bridgehead atoms. The number of nitrogens with one attached hydrogen (secondary N) is 3. The van der Waals surface area contributed by atoms with E-state index in [0.717, 1.165) is 16.7 Å². The Morgan fingerprint density at radius 3 is 2.67 bits per heavy atom. The molecular weight excluding hydrogens is 370 g/mol. The van der Waals surface area contributed by atoms with Crippen LogP contribution in [0.2, 0.25) is 0 Å². The van der Waals surface area contributed by atoms with Crippen molar-refractivity contribution in [1.82, 2.24) is 16.1 Å². The highest BCUT2D eigenvalue weighted by molar-refractivity contribution is 5.85. The summed E-state index contributed by atoms with van der Waals surface area (Å²) in [6, 6.07) is 15.0. The van der Waals surface area contributed by atoms with E-state index in [1.54, 1.807) is 6.07 Å². The monoisotopic (exact) mass is 391 g/mol. The molecule has 3 rings (SSSR count). The van der Waals surface area contributed by atoms with Crippen LogP contribution in [0.4, 0.5) is 0 Å². The normalized spacial score (nSPS) is 15.1. The van der Waals surface area contributed by atoms with Crippen molar-refractivity contribution >= 4 is 24.2 Å². The molecule has 7 nitrogen and oxygen atoms in total. The van der Waals surface area contributed by atoms with Gasteiger partial charge in [0.1, 0.15) is 5.75 Å². The Morgan fingerprint density at radius 2 is 1.93 bits per heavy atom. The van der Waals surface area contributed by atoms with Crippen LogP contribution in [0.25, 0.3) is 0 Å². The van der Waals surface area contributed by atoms with E-state index in [-0.39, 0.29) is 31.0 Å². The van der Waals surface area contributed by atoms with Crippen molar-refractivity contribution in [2.24, 2.45) is 0 Å². The van der Waals surface area contributed by atoms with Gasteiger partial charge in [-0.15, -0.1) is 12.4 Å². The summed E-state index contributed by atoms with van der Waals surface area (Å²) in [6.07, 6.45) is 0.591. The average molecular weight is 392 g/mol. The van der Waals surface area contributed by atoms with Crippen molar-refractivity contribution in [3.63, 3.8) is 0 Å². The fraction of sp³-hybridized carbons (Fsp3) is 0.263. The van der Waals surface area contributed by atoms with Gasteiger partial charge in [-0.25, -0.2) is 5.48 Å². The number of benzene rings is 2. The van der Waals surface area contributed by atoms with E-state index in [2.05, 4.69) is 10.6 Å². The van der Waals surface area contributed by atoms with Gasteiger partial charge in [0.2, 0.25) is 5.91 Å². The van der Waals surface area contributed by atoms with Crippen LogP contribution in [0.1, 0.15) is 16.7 Å². The molecule has 8 heteroatoms. The molecule has 2 amide bonds. The highest BCUT2D eigenvalue weighted by atomic mass is 35.5. The van der Waals surface area contributed by atoms with Gasteiger partial charge in [0.15, 0.2) is 6.61 Å². The Bertz CT molecular complexity index is 786. The number of hydrogen-bond donors (Lipinski definition) is 4. The minimum atomic E-state index is -0.615. The Hall–Kier alpha value is -2.61. The maximum atomic E-state index is 12.4. The largest absolute Gasteiger partial charge is 0.484 e. The van der Waals surface area contributed by atoms with Crippen LogP contribution >= 0.6 is 12.4 Å². The van der Waals surface area contributed by atoms with Gasteiger partial charge in [-0.3, -0.25) is 14.8 Å². The number of ether oxygens (including phenoxy) is 1. The number of halogens is 1. The Kier molecular flexibility index (Phi) is 7.60. The van der Waals surface area contributed by atoms with Crippen LogP contribution in [0, 0.1) is 0 Å². The highest BCUT2D eigenvalue weighted by Crippen LogP contribution is 2.22. The molecule has 2 aromatic carbocycles. The SMILES string of the molecule is Cl.O=C(COc1ccc2c(c1)CN[C@H](C(=O)NCc1ccccc1)C2)NO. The zero-order chi connectivity index (χ0) is 18.4. The lowest BCUT2D eigenvalue weighted by Crippen LogP contribution is -2.47. The minimum Gasteiger partial charge on any atom is -0.484 e. The number of carbonyl (C=O) groups excluding carboxylic acids is 2. The third-order valence-corrected chi connectivity index (χ3v) is 4.26. The molecular formula is C19H22ClN3O4. The van der Waals surface area contributed by atoms with E-state index in [9.17, 15) is 9.59 Å².